The fourth-order valence-electron chi connectivity index (χ4n) is 5.29. The Morgan fingerprint density at radius 1 is 0.865 bits per heavy atom. The van der Waals surface area contributed by atoms with E-state index in [0.717, 1.165) is 15.7 Å². The molecule has 2 aliphatic rings. The number of aryl methyl sites for hydroxylation is 1. The highest BCUT2D eigenvalue weighted by Gasteiger charge is 2.70. The summed E-state index contributed by atoms with van der Waals surface area (Å²) in [6, 6.07) is 15.4. The summed E-state index contributed by atoms with van der Waals surface area (Å²) in [7, 11) is -4.00. The molecule has 0 N–H and O–H groups in total. The van der Waals surface area contributed by atoms with E-state index in [9.17, 15) is 18.0 Å². The van der Waals surface area contributed by atoms with Gasteiger partial charge in [-0.1, -0.05) is 77.4 Å². The third-order valence-electron chi connectivity index (χ3n) is 7.18. The molecule has 0 spiro atoms. The first-order valence-corrected chi connectivity index (χ1v) is 14.4. The number of hydrogen-bond donors (Lipinski definition) is 0. The molecular formula is C27H32N4O4S2. The number of aromatic nitrogens is 3. The van der Waals surface area contributed by atoms with Gasteiger partial charge in [0.15, 0.2) is 6.17 Å². The SMILES string of the molecule is Cc1ccc(S(=O)(=O)N2S[C@]3(C(C)(C)C)C(C(C)(C)C)=Cn4c(=O)n(-c5ccccc5)c(=O)n4[C@H]23)cc1. The highest BCUT2D eigenvalue weighted by atomic mass is 32.3. The van der Waals surface area contributed by atoms with Crippen molar-refractivity contribution in [1.29, 1.82) is 0 Å². The van der Waals surface area contributed by atoms with E-state index in [2.05, 4.69) is 20.8 Å². The minimum atomic E-state index is -4.00. The van der Waals surface area contributed by atoms with Crippen molar-refractivity contribution in [1.82, 2.24) is 17.6 Å². The van der Waals surface area contributed by atoms with Crippen LogP contribution in [-0.2, 0) is 10.0 Å². The minimum Gasteiger partial charge on any atom is -0.245 e. The van der Waals surface area contributed by atoms with E-state index in [1.54, 1.807) is 54.7 Å². The van der Waals surface area contributed by atoms with E-state index in [4.69, 9.17) is 0 Å². The normalized spacial score (nSPS) is 22.1. The summed E-state index contributed by atoms with van der Waals surface area (Å²) in [5.74, 6) is 0. The van der Waals surface area contributed by atoms with Gasteiger partial charge in [0.25, 0.3) is 10.0 Å². The molecule has 0 bridgehead atoms. The molecular weight excluding hydrogens is 508 g/mol. The van der Waals surface area contributed by atoms with Crippen molar-refractivity contribution in [3.8, 4) is 5.69 Å². The van der Waals surface area contributed by atoms with Crippen molar-refractivity contribution in [2.75, 3.05) is 0 Å². The number of benzene rings is 2. The van der Waals surface area contributed by atoms with E-state index < -0.39 is 43.1 Å². The van der Waals surface area contributed by atoms with E-state index >= 15 is 0 Å². The Labute approximate surface area is 221 Å². The van der Waals surface area contributed by atoms with Gasteiger partial charge in [0.1, 0.15) is 0 Å². The first-order valence-electron chi connectivity index (χ1n) is 12.2. The average Bonchev–Trinajstić information content (AvgIpc) is 3.01. The molecule has 10 heteroatoms. The molecule has 2 atom stereocenters. The highest BCUT2D eigenvalue weighted by Crippen LogP contribution is 2.69. The topological polar surface area (TPSA) is 86.3 Å². The van der Waals surface area contributed by atoms with Gasteiger partial charge in [-0.05, 0) is 59.5 Å². The zero-order chi connectivity index (χ0) is 27.1. The molecule has 2 aliphatic heterocycles. The van der Waals surface area contributed by atoms with Gasteiger partial charge in [0.2, 0.25) is 0 Å². The molecule has 8 nitrogen and oxygen atoms in total. The molecule has 0 unspecified atom stereocenters. The van der Waals surface area contributed by atoms with Gasteiger partial charge in [0, 0.05) is 6.20 Å². The van der Waals surface area contributed by atoms with Crippen LogP contribution in [-0.4, -0.2) is 30.8 Å². The fraction of sp³-hybridized carbons (Fsp3) is 0.407. The Bertz CT molecular complexity index is 1630. The molecule has 37 heavy (non-hydrogen) atoms. The highest BCUT2D eigenvalue weighted by molar-refractivity contribution is 8.10. The van der Waals surface area contributed by atoms with Crippen molar-refractivity contribution in [2.24, 2.45) is 10.8 Å². The number of para-hydroxylation sites is 1. The standard InChI is InChI=1S/C27H32N4O4S2/c1-18-13-15-20(16-14-18)37(34,35)31-22-27(36-31,26(5,6)7)21(25(2,3)4)17-28-23(32)29(24(33)30(22)28)19-11-9-8-10-12-19/h8-17,22H,1-7H3/t22-,27-/m1/s1. The van der Waals surface area contributed by atoms with Gasteiger partial charge < -0.3 is 0 Å². The van der Waals surface area contributed by atoms with E-state index in [0.29, 0.717) is 5.69 Å². The summed E-state index contributed by atoms with van der Waals surface area (Å²) >= 11 is 1.23. The Morgan fingerprint density at radius 3 is 2.00 bits per heavy atom. The Hall–Kier alpha value is -2.82. The van der Waals surface area contributed by atoms with Crippen LogP contribution in [0.4, 0.5) is 0 Å². The van der Waals surface area contributed by atoms with Crippen LogP contribution in [0.5, 0.6) is 0 Å². The molecule has 1 saturated heterocycles. The van der Waals surface area contributed by atoms with Crippen molar-refractivity contribution < 1.29 is 8.42 Å². The Kier molecular flexibility index (Phi) is 5.64. The van der Waals surface area contributed by atoms with Crippen LogP contribution in [0.2, 0.25) is 0 Å². The van der Waals surface area contributed by atoms with Gasteiger partial charge in [0.05, 0.1) is 15.3 Å². The molecule has 0 saturated carbocycles. The van der Waals surface area contributed by atoms with Crippen LogP contribution in [0.15, 0.2) is 74.7 Å². The summed E-state index contributed by atoms with van der Waals surface area (Å²) in [5.41, 5.74) is 0.293. The lowest BCUT2D eigenvalue weighted by atomic mass is 9.65. The van der Waals surface area contributed by atoms with Crippen molar-refractivity contribution in [3.63, 3.8) is 0 Å². The number of rotatable bonds is 3. The second-order valence-corrected chi connectivity index (χ2v) is 15.0. The maximum absolute atomic E-state index is 14.0. The van der Waals surface area contributed by atoms with Crippen molar-refractivity contribution in [3.05, 3.63) is 86.7 Å². The second-order valence-electron chi connectivity index (χ2n) is 11.7. The molecule has 1 fully saturated rings. The maximum atomic E-state index is 14.0. The van der Waals surface area contributed by atoms with Gasteiger partial charge >= 0.3 is 11.4 Å². The lowest BCUT2D eigenvalue weighted by Gasteiger charge is -2.64. The lowest BCUT2D eigenvalue weighted by molar-refractivity contribution is 0.0990. The summed E-state index contributed by atoms with van der Waals surface area (Å²) in [6.07, 6.45) is 0.807. The second kappa shape index (κ2) is 8.09. The quantitative estimate of drug-likeness (QED) is 0.452. The third-order valence-corrected chi connectivity index (χ3v) is 11.2. The minimum absolute atomic E-state index is 0.143. The monoisotopic (exact) mass is 540 g/mol. The number of hydrogen-bond acceptors (Lipinski definition) is 5. The molecule has 0 amide bonds. The van der Waals surface area contributed by atoms with Crippen LogP contribution in [0, 0.1) is 17.8 Å². The Morgan fingerprint density at radius 2 is 1.46 bits per heavy atom. The fourth-order valence-corrected chi connectivity index (χ4v) is 9.06. The molecule has 0 aliphatic carbocycles. The summed E-state index contributed by atoms with van der Waals surface area (Å²) < 4.78 is 32.2. The van der Waals surface area contributed by atoms with Crippen LogP contribution in [0.25, 0.3) is 11.9 Å². The third kappa shape index (κ3) is 3.56. The zero-order valence-corrected chi connectivity index (χ0v) is 23.7. The molecule has 5 rings (SSSR count). The molecule has 196 valence electrons. The first-order chi connectivity index (χ1) is 17.1. The van der Waals surface area contributed by atoms with Gasteiger partial charge in [-0.25, -0.2) is 31.9 Å². The maximum Gasteiger partial charge on any atom is 0.356 e. The average molecular weight is 541 g/mol. The summed E-state index contributed by atoms with van der Waals surface area (Å²) in [5, 5.41) is 0. The first kappa shape index (κ1) is 25.8. The molecule has 3 heterocycles. The smallest absolute Gasteiger partial charge is 0.245 e. The largest absolute Gasteiger partial charge is 0.356 e. The zero-order valence-electron chi connectivity index (χ0n) is 22.1. The number of sulfonamides is 1. The Balaban J connectivity index is 1.83. The van der Waals surface area contributed by atoms with Crippen LogP contribution in [0.1, 0.15) is 53.3 Å². The van der Waals surface area contributed by atoms with E-state index in [1.807, 2.05) is 33.8 Å². The molecule has 3 aromatic rings. The predicted octanol–water partition coefficient (Wildman–Crippen LogP) is 4.65. The van der Waals surface area contributed by atoms with E-state index in [-0.39, 0.29) is 4.90 Å². The predicted molar refractivity (Wildman–Crippen MR) is 147 cm³/mol. The molecule has 0 radical (unpaired) electrons. The number of nitrogens with zero attached hydrogens (tertiary/aromatic N) is 4. The van der Waals surface area contributed by atoms with Crippen LogP contribution >= 0.6 is 11.9 Å². The summed E-state index contributed by atoms with van der Waals surface area (Å²) in [6.45, 7) is 14.2. The summed E-state index contributed by atoms with van der Waals surface area (Å²) in [4.78, 5) is 27.8. The molecule has 2 aromatic carbocycles. The number of fused-ring (bicyclic) bond motifs is 3. The van der Waals surface area contributed by atoms with Crippen LogP contribution in [0.3, 0.4) is 0 Å². The van der Waals surface area contributed by atoms with Crippen molar-refractivity contribution in [2.45, 2.75) is 64.3 Å². The van der Waals surface area contributed by atoms with Crippen molar-refractivity contribution >= 4 is 28.2 Å². The van der Waals surface area contributed by atoms with Gasteiger partial charge in [-0.15, -0.1) is 3.71 Å². The van der Waals surface area contributed by atoms with Crippen LogP contribution < -0.4 is 11.4 Å². The van der Waals surface area contributed by atoms with Gasteiger partial charge in [-0.2, -0.15) is 0 Å². The molecule has 1 aromatic heterocycles. The van der Waals surface area contributed by atoms with Gasteiger partial charge in [-0.3, -0.25) is 0 Å². The lowest BCUT2D eigenvalue weighted by Crippen LogP contribution is -2.69. The van der Waals surface area contributed by atoms with E-state index in [1.165, 1.54) is 25.0 Å².